The molecule has 5 nitrogen and oxygen atoms in total. The summed E-state index contributed by atoms with van der Waals surface area (Å²) in [6, 6.07) is 23.4. The second kappa shape index (κ2) is 19.9. The van der Waals surface area contributed by atoms with Crippen LogP contribution in [0.4, 0.5) is 0 Å². The first-order chi connectivity index (χ1) is 29.3. The Bertz CT molecular complexity index is 2560. The fourth-order valence-electron chi connectivity index (χ4n) is 8.40. The van der Waals surface area contributed by atoms with E-state index in [1.54, 1.807) is 6.07 Å². The van der Waals surface area contributed by atoms with Crippen LogP contribution < -0.4 is 0 Å². The molecule has 1 aliphatic rings. The zero-order valence-corrected chi connectivity index (χ0v) is 38.4. The molecular formula is C52H65IrN3O2-2. The number of furan rings is 1. The minimum absolute atomic E-state index is 0. The van der Waals surface area contributed by atoms with Crippen LogP contribution in [0.1, 0.15) is 144 Å². The molecule has 6 aromatic rings. The van der Waals surface area contributed by atoms with Crippen molar-refractivity contribution >= 4 is 49.4 Å². The molecule has 0 unspecified atom stereocenters. The second-order valence-corrected chi connectivity index (χ2v) is 17.2. The molecule has 2 aromatic heterocycles. The topological polar surface area (TPSA) is 70.1 Å². The third-order valence-electron chi connectivity index (χ3n) is 11.6. The van der Waals surface area contributed by atoms with Crippen LogP contribution in [0.2, 0.25) is 0 Å². The smallest absolute Gasteiger partial charge is 0.223 e. The van der Waals surface area contributed by atoms with Crippen LogP contribution in [-0.2, 0) is 36.7 Å². The fraction of sp³-hybridized carbons (Fsp3) is 0.481. The van der Waals surface area contributed by atoms with Crippen LogP contribution in [0.5, 0.6) is 0 Å². The molecule has 0 spiro atoms. The standard InChI is InChI=1S/C33H31N2O.C19H35NO.Ir/c1-19(2)15-21-11-13-26-23(16-21)12-14-27-29-30(34-20(3)35-32(29)36-31(26)27)24-17-22-9-7-8-10-25(22)28(18-24)33(4,5)6;1-5-15(6-2)18(14-19(21)16(7-3)8-4)20-17-12-10-9-11-13-17;/h7-14,16,18-19H,15H2,1-6H3;14-17H,5-13H2,1-4H3,(H,20,21);/q-1;;/p-1/i3D3,15D2;;. The molecule has 1 fully saturated rings. The van der Waals surface area contributed by atoms with Crippen LogP contribution in [0, 0.1) is 30.7 Å². The summed E-state index contributed by atoms with van der Waals surface area (Å²) in [5.74, 6) is 0.444. The monoisotopic (exact) mass is 962 g/mol. The zero-order valence-electron chi connectivity index (χ0n) is 41.0. The number of allylic oxidation sites excluding steroid dienone is 2. The van der Waals surface area contributed by atoms with Gasteiger partial charge in [0.1, 0.15) is 11.4 Å². The van der Waals surface area contributed by atoms with Crippen LogP contribution >= 0.6 is 0 Å². The summed E-state index contributed by atoms with van der Waals surface area (Å²) in [7, 11) is 0. The molecule has 4 aromatic carbocycles. The number of carbonyl (C=O) groups is 1. The summed E-state index contributed by atoms with van der Waals surface area (Å²) in [6.07, 6.45) is 10.8. The van der Waals surface area contributed by atoms with E-state index < -0.39 is 13.2 Å². The van der Waals surface area contributed by atoms with Crippen molar-refractivity contribution in [2.75, 3.05) is 0 Å². The molecule has 0 amide bonds. The van der Waals surface area contributed by atoms with Crippen molar-refractivity contribution in [2.24, 2.45) is 17.8 Å². The number of carbonyl (C=O) groups excluding carboxylic acids is 1. The summed E-state index contributed by atoms with van der Waals surface area (Å²) < 4.78 is 47.6. The van der Waals surface area contributed by atoms with Crippen molar-refractivity contribution in [1.29, 1.82) is 0 Å². The largest absolute Gasteiger partial charge is 0.685 e. The van der Waals surface area contributed by atoms with E-state index in [0.717, 1.165) is 63.9 Å². The summed E-state index contributed by atoms with van der Waals surface area (Å²) in [5.41, 5.74) is 4.50. The number of hydrogen-bond donors (Lipinski definition) is 0. The Hall–Kier alpha value is -3.86. The van der Waals surface area contributed by atoms with Gasteiger partial charge in [0.2, 0.25) is 5.71 Å². The molecule has 7 rings (SSSR count). The third-order valence-corrected chi connectivity index (χ3v) is 11.6. The number of benzene rings is 4. The zero-order chi connectivity index (χ0) is 45.1. The Morgan fingerprint density at radius 3 is 2.26 bits per heavy atom. The molecule has 0 atom stereocenters. The van der Waals surface area contributed by atoms with Crippen LogP contribution in [0.3, 0.4) is 0 Å². The maximum absolute atomic E-state index is 12.5. The first-order valence-corrected chi connectivity index (χ1v) is 21.4. The maximum Gasteiger partial charge on any atom is 0.223 e. The molecule has 6 heteroatoms. The Morgan fingerprint density at radius 1 is 0.914 bits per heavy atom. The molecule has 0 bridgehead atoms. The SMILES string of the molecule is CCC(CC)C(=O)/C=C(\[N-]C1CCCCC1)C(CC)CC.[2H]C([2H])([2H])c1nc(-c2[c-]c3ccccc3c(C(C)(C)C)c2)c2c(n1)oc1c3ccc(C([2H])([2H])C(C)C)cc3ccc12.[Ir]. The Balaban J connectivity index is 0.000000289. The minimum Gasteiger partial charge on any atom is -0.685 e. The molecule has 1 aliphatic carbocycles. The molecule has 0 N–H and O–H groups in total. The van der Waals surface area contributed by atoms with Gasteiger partial charge in [-0.2, -0.15) is 10.7 Å². The quantitative estimate of drug-likeness (QED) is 0.0905. The van der Waals surface area contributed by atoms with E-state index in [0.29, 0.717) is 45.5 Å². The van der Waals surface area contributed by atoms with Gasteiger partial charge in [0, 0.05) is 54.7 Å². The van der Waals surface area contributed by atoms with Crippen molar-refractivity contribution in [3.63, 3.8) is 0 Å². The van der Waals surface area contributed by atoms with Gasteiger partial charge in [-0.25, -0.2) is 0 Å². The van der Waals surface area contributed by atoms with Gasteiger partial charge in [-0.3, -0.25) is 9.78 Å². The average Bonchev–Trinajstić information content (AvgIpc) is 3.63. The van der Waals surface area contributed by atoms with Gasteiger partial charge in [0.25, 0.3) is 0 Å². The summed E-state index contributed by atoms with van der Waals surface area (Å²) in [6.45, 7) is 16.3. The van der Waals surface area contributed by atoms with Crippen LogP contribution in [-0.4, -0.2) is 21.8 Å². The number of rotatable bonds is 12. The summed E-state index contributed by atoms with van der Waals surface area (Å²) in [5, 5.41) is 10.0. The van der Waals surface area contributed by atoms with Gasteiger partial charge in [0.05, 0.1) is 0 Å². The third kappa shape index (κ3) is 10.3. The Labute approximate surface area is 368 Å². The number of nitrogens with zero attached hydrogens (tertiary/aromatic N) is 3. The van der Waals surface area contributed by atoms with Crippen LogP contribution in [0.15, 0.2) is 76.9 Å². The first kappa shape index (κ1) is 38.3. The van der Waals surface area contributed by atoms with Crippen molar-refractivity contribution in [1.82, 2.24) is 9.97 Å². The number of fused-ring (bicyclic) bond motifs is 6. The number of aromatic nitrogens is 2. The molecule has 1 radical (unpaired) electrons. The number of ketones is 1. The maximum atomic E-state index is 12.5. The van der Waals surface area contributed by atoms with E-state index in [-0.39, 0.29) is 48.9 Å². The predicted octanol–water partition coefficient (Wildman–Crippen LogP) is 15.0. The van der Waals surface area contributed by atoms with E-state index in [9.17, 15) is 4.79 Å². The summed E-state index contributed by atoms with van der Waals surface area (Å²) in [4.78, 5) is 21.5. The Kier molecular flexibility index (Phi) is 13.2. The van der Waals surface area contributed by atoms with Crippen molar-refractivity contribution < 1.29 is 36.2 Å². The van der Waals surface area contributed by atoms with Gasteiger partial charge in [-0.1, -0.05) is 167 Å². The average molecular weight is 961 g/mol. The minimum atomic E-state index is -2.54. The second-order valence-electron chi connectivity index (χ2n) is 17.2. The normalized spacial score (nSPS) is 15.9. The van der Waals surface area contributed by atoms with Gasteiger partial charge in [0.15, 0.2) is 5.78 Å². The number of aryl methyl sites for hydroxylation is 1. The predicted molar refractivity (Wildman–Crippen MR) is 242 cm³/mol. The fourth-order valence-corrected chi connectivity index (χ4v) is 8.40. The summed E-state index contributed by atoms with van der Waals surface area (Å²) >= 11 is 0. The molecule has 58 heavy (non-hydrogen) atoms. The first-order valence-electron chi connectivity index (χ1n) is 23.9. The molecule has 2 heterocycles. The molecule has 0 saturated heterocycles. The van der Waals surface area contributed by atoms with Crippen molar-refractivity contribution in [3.8, 4) is 11.3 Å². The molecule has 1 saturated carbocycles. The van der Waals surface area contributed by atoms with Gasteiger partial charge >= 0.3 is 0 Å². The van der Waals surface area contributed by atoms with E-state index in [2.05, 4.69) is 70.6 Å². The number of hydrogen-bond acceptors (Lipinski definition) is 4. The van der Waals surface area contributed by atoms with Gasteiger partial charge < -0.3 is 9.73 Å². The van der Waals surface area contributed by atoms with E-state index in [1.807, 2.05) is 68.5 Å². The van der Waals surface area contributed by atoms with E-state index >= 15 is 0 Å². The van der Waals surface area contributed by atoms with Crippen LogP contribution in [0.25, 0.3) is 60.2 Å². The molecular weight excluding hydrogens is 891 g/mol. The Morgan fingerprint density at radius 2 is 1.60 bits per heavy atom. The van der Waals surface area contributed by atoms with Gasteiger partial charge in [-0.15, -0.1) is 35.2 Å². The molecule has 0 aliphatic heterocycles. The van der Waals surface area contributed by atoms with E-state index in [4.69, 9.17) is 16.6 Å². The molecule has 311 valence electrons. The van der Waals surface area contributed by atoms with Crippen molar-refractivity contribution in [3.05, 3.63) is 101 Å². The van der Waals surface area contributed by atoms with Gasteiger partial charge in [-0.05, 0) is 60.3 Å². The van der Waals surface area contributed by atoms with Crippen molar-refractivity contribution in [2.45, 2.75) is 145 Å². The van der Waals surface area contributed by atoms with E-state index in [1.165, 1.54) is 32.1 Å².